The van der Waals surface area contributed by atoms with Gasteiger partial charge in [-0.1, -0.05) is 42.1 Å². The Morgan fingerprint density at radius 1 is 1.38 bits per heavy atom. The molecule has 0 aliphatic carbocycles. The number of nitrogens with one attached hydrogen (secondary N) is 2. The summed E-state index contributed by atoms with van der Waals surface area (Å²) in [5, 5.41) is 34.5. The zero-order chi connectivity index (χ0) is 28.4. The molecule has 39 heavy (non-hydrogen) atoms. The van der Waals surface area contributed by atoms with Crippen LogP contribution in [0.25, 0.3) is 0 Å². The average Bonchev–Trinajstić information content (AvgIpc) is 3.43. The molecule has 15 nitrogen and oxygen atoms in total. The predicted molar refractivity (Wildman–Crippen MR) is 137 cm³/mol. The quantitative estimate of drug-likeness (QED) is 0.0960. The van der Waals surface area contributed by atoms with E-state index in [1.54, 1.807) is 25.1 Å². The number of rotatable bonds is 12. The second kappa shape index (κ2) is 11.8. The molecule has 0 spiro atoms. The van der Waals surface area contributed by atoms with Crippen molar-refractivity contribution < 1.29 is 43.3 Å². The van der Waals surface area contributed by atoms with E-state index in [9.17, 15) is 34.1 Å². The van der Waals surface area contributed by atoms with Crippen molar-refractivity contribution in [1.29, 1.82) is 0 Å². The Morgan fingerprint density at radius 3 is 2.69 bits per heavy atom. The van der Waals surface area contributed by atoms with Gasteiger partial charge in [-0.05, 0) is 28.5 Å². The third-order valence-corrected chi connectivity index (χ3v) is 10.2. The van der Waals surface area contributed by atoms with E-state index in [1.807, 2.05) is 0 Å². The van der Waals surface area contributed by atoms with Crippen LogP contribution in [0.1, 0.15) is 18.6 Å². The number of nitrogens with zero attached hydrogens (tertiary/aromatic N) is 4. The zero-order valence-corrected chi connectivity index (χ0v) is 23.1. The summed E-state index contributed by atoms with van der Waals surface area (Å²) >= 11 is 1.99. The molecule has 2 aromatic rings. The highest BCUT2D eigenvalue weighted by atomic mass is 32.2. The van der Waals surface area contributed by atoms with Crippen LogP contribution in [-0.4, -0.2) is 100 Å². The molecule has 0 saturated carbocycles. The molecule has 5 N–H and O–H groups in total. The van der Waals surface area contributed by atoms with Crippen molar-refractivity contribution in [1.82, 2.24) is 30.8 Å². The number of tetrazole rings is 1. The van der Waals surface area contributed by atoms with Gasteiger partial charge in [0.15, 0.2) is 6.10 Å². The first-order chi connectivity index (χ1) is 18.5. The molecule has 5 atom stereocenters. The van der Waals surface area contributed by atoms with E-state index in [2.05, 4.69) is 25.9 Å². The van der Waals surface area contributed by atoms with Crippen LogP contribution in [0, 0.1) is 0 Å². The molecule has 1 aromatic heterocycles. The molecule has 3 heterocycles. The highest BCUT2D eigenvalue weighted by molar-refractivity contribution is 8.01. The number of amides is 2. The molecule has 4 rings (SSSR count). The number of carbonyl (C=O) groups excluding carboxylic acids is 2. The summed E-state index contributed by atoms with van der Waals surface area (Å²) in [4.78, 5) is 50.1. The SMILES string of the molecule is CCOP(=O)(O)CC(Sc1nnn[nH]1)C1=C(C(=O)O)N2C(=O)[C@](NC(=O)C(O)c3ccccc3)(OC)[C@@H]2SC1. The number of carboxylic acids is 1. The molecule has 1 saturated heterocycles. The number of aromatic amines is 1. The van der Waals surface area contributed by atoms with Gasteiger partial charge < -0.3 is 29.7 Å². The monoisotopic (exact) mass is 600 g/mol. The number of benzene rings is 1. The van der Waals surface area contributed by atoms with E-state index in [0.717, 1.165) is 28.4 Å². The van der Waals surface area contributed by atoms with Crippen molar-refractivity contribution in [3.05, 3.63) is 47.2 Å². The van der Waals surface area contributed by atoms with Crippen molar-refractivity contribution in [2.45, 2.75) is 34.5 Å². The second-order valence-electron chi connectivity index (χ2n) is 8.31. The summed E-state index contributed by atoms with van der Waals surface area (Å²) in [5.74, 6) is -3.27. The molecule has 0 radical (unpaired) electrons. The van der Waals surface area contributed by atoms with Gasteiger partial charge >= 0.3 is 13.6 Å². The summed E-state index contributed by atoms with van der Waals surface area (Å²) in [5.41, 5.74) is -1.92. The lowest BCUT2D eigenvalue weighted by molar-refractivity contribution is -0.193. The van der Waals surface area contributed by atoms with Crippen molar-refractivity contribution in [3.8, 4) is 0 Å². The van der Waals surface area contributed by atoms with Crippen LogP contribution < -0.4 is 5.32 Å². The molecule has 1 fully saturated rings. The number of hydrogen-bond donors (Lipinski definition) is 5. The van der Waals surface area contributed by atoms with Crippen molar-refractivity contribution in [2.75, 3.05) is 25.6 Å². The van der Waals surface area contributed by atoms with Crippen molar-refractivity contribution in [2.24, 2.45) is 0 Å². The predicted octanol–water partition coefficient (Wildman–Crippen LogP) is 0.329. The van der Waals surface area contributed by atoms with Crippen LogP contribution >= 0.6 is 31.1 Å². The number of thioether (sulfide) groups is 2. The Hall–Kier alpha value is -2.79. The van der Waals surface area contributed by atoms with Crippen LogP contribution in [0.2, 0.25) is 0 Å². The average molecular weight is 601 g/mol. The number of β-lactam (4-membered cyclic amide) rings is 1. The molecule has 2 amide bonds. The normalized spacial score (nSPS) is 23.8. The van der Waals surface area contributed by atoms with Gasteiger partial charge in [0.25, 0.3) is 17.5 Å². The Kier molecular flexibility index (Phi) is 8.80. The Balaban J connectivity index is 1.66. The zero-order valence-electron chi connectivity index (χ0n) is 20.6. The molecular weight excluding hydrogens is 575 g/mol. The van der Waals surface area contributed by atoms with Gasteiger partial charge in [0.1, 0.15) is 11.1 Å². The molecule has 1 aromatic carbocycles. The van der Waals surface area contributed by atoms with Crippen LogP contribution in [0.4, 0.5) is 0 Å². The summed E-state index contributed by atoms with van der Waals surface area (Å²) in [7, 11) is -2.98. The maximum absolute atomic E-state index is 13.5. The number of aliphatic hydroxyl groups excluding tert-OH is 1. The van der Waals surface area contributed by atoms with Gasteiger partial charge in [-0.15, -0.1) is 16.9 Å². The topological polar surface area (TPSA) is 217 Å². The number of aliphatic carboxylic acids is 1. The van der Waals surface area contributed by atoms with Gasteiger partial charge in [-0.3, -0.25) is 19.1 Å². The van der Waals surface area contributed by atoms with Crippen LogP contribution in [-0.2, 0) is 28.2 Å². The number of H-pyrrole nitrogens is 1. The Bertz CT molecular complexity index is 1310. The summed E-state index contributed by atoms with van der Waals surface area (Å²) < 4.78 is 23.1. The maximum Gasteiger partial charge on any atom is 0.352 e. The van der Waals surface area contributed by atoms with E-state index >= 15 is 0 Å². The highest BCUT2D eigenvalue weighted by Crippen LogP contribution is 2.52. The first-order valence-corrected chi connectivity index (χ1v) is 15.1. The van der Waals surface area contributed by atoms with Crippen LogP contribution in [0.15, 0.2) is 46.8 Å². The first kappa shape index (κ1) is 29.2. The Morgan fingerprint density at radius 2 is 2.10 bits per heavy atom. The van der Waals surface area contributed by atoms with Crippen LogP contribution in [0.3, 0.4) is 0 Å². The van der Waals surface area contributed by atoms with E-state index in [0.29, 0.717) is 5.56 Å². The number of fused-ring (bicyclic) bond motifs is 1. The van der Waals surface area contributed by atoms with Crippen molar-refractivity contribution in [3.63, 3.8) is 0 Å². The number of aliphatic hydroxyl groups is 1. The van der Waals surface area contributed by atoms with Gasteiger partial charge in [-0.2, -0.15) is 0 Å². The van der Waals surface area contributed by atoms with Gasteiger partial charge in [0.2, 0.25) is 5.16 Å². The molecule has 18 heteroatoms. The first-order valence-electron chi connectivity index (χ1n) is 11.4. The van der Waals surface area contributed by atoms with E-state index < -0.39 is 59.7 Å². The molecule has 210 valence electrons. The van der Waals surface area contributed by atoms with E-state index in [-0.39, 0.29) is 23.1 Å². The Labute approximate surface area is 230 Å². The van der Waals surface area contributed by atoms with Crippen molar-refractivity contribution >= 4 is 48.9 Å². The smallest absolute Gasteiger partial charge is 0.352 e. The second-order valence-corrected chi connectivity index (χ2v) is 12.5. The minimum absolute atomic E-state index is 0.0103. The number of carboxylic acid groups (broad SMARTS) is 1. The molecule has 2 aliphatic rings. The number of aromatic nitrogens is 4. The summed E-state index contributed by atoms with van der Waals surface area (Å²) in [6.07, 6.45) is -2.09. The summed E-state index contributed by atoms with van der Waals surface area (Å²) in [6.45, 7) is 1.49. The molecular formula is C21H25N6O9PS2. The lowest BCUT2D eigenvalue weighted by Gasteiger charge is -2.56. The lowest BCUT2D eigenvalue weighted by atomic mass is 9.96. The van der Waals surface area contributed by atoms with Gasteiger partial charge in [0, 0.05) is 18.1 Å². The largest absolute Gasteiger partial charge is 0.477 e. The summed E-state index contributed by atoms with van der Waals surface area (Å²) in [6, 6.07) is 8.06. The van der Waals surface area contributed by atoms with E-state index in [4.69, 9.17) is 9.26 Å². The number of hydrogen-bond acceptors (Lipinski definition) is 12. The highest BCUT2D eigenvalue weighted by Gasteiger charge is 2.67. The molecule has 3 unspecified atom stereocenters. The fraction of sp³-hybridized carbons (Fsp3) is 0.429. The fourth-order valence-electron chi connectivity index (χ4n) is 4.21. The lowest BCUT2D eigenvalue weighted by Crippen LogP contribution is -2.81. The van der Waals surface area contributed by atoms with E-state index in [1.165, 1.54) is 19.2 Å². The van der Waals surface area contributed by atoms with Gasteiger partial charge in [0.05, 0.1) is 12.8 Å². The third-order valence-electron chi connectivity index (χ3n) is 5.95. The minimum Gasteiger partial charge on any atom is -0.477 e. The molecule has 0 bridgehead atoms. The van der Waals surface area contributed by atoms with Gasteiger partial charge in [-0.25, -0.2) is 9.89 Å². The number of carbonyl (C=O) groups is 3. The third kappa shape index (κ3) is 5.75. The van der Waals surface area contributed by atoms with Crippen LogP contribution in [0.5, 0.6) is 0 Å². The number of methoxy groups -OCH3 is 1. The maximum atomic E-state index is 13.5. The standard InChI is InChI=1S/C21H25N6O9PS2/c1-3-36-37(33,34)9-13(39-20-23-25-26-24-20)12-10-38-19-21(35-2,18(32)27(19)14(12)17(30)31)22-16(29)15(28)11-7-5-4-6-8-11/h4-8,13,15,19,28H,3,9-10H2,1-2H3,(H,22,29)(H,30,31)(H,33,34)(H,23,24,25,26)/t13?,15?,19-,21-/m0/s1. The fourth-order valence-corrected chi connectivity index (χ4v) is 8.62. The number of ether oxygens (including phenoxy) is 1. The molecule has 2 aliphatic heterocycles. The minimum atomic E-state index is -4.17.